The maximum Gasteiger partial charge on any atom is 0.0507 e. The Bertz CT molecular complexity index is 356. The summed E-state index contributed by atoms with van der Waals surface area (Å²) in [7, 11) is 0. The standard InChI is InChI=1S/C10H12Br2N2.ClH/c1-2-3-9(13)7-4-6(11)5-8(12)10(7)14;/h2,4-5,9H,1,3,13-14H2;1H/t9-;/m1./s1. The summed E-state index contributed by atoms with van der Waals surface area (Å²) in [6.45, 7) is 3.66. The van der Waals surface area contributed by atoms with Crippen molar-refractivity contribution >= 4 is 50.0 Å². The first-order valence-electron chi connectivity index (χ1n) is 4.17. The number of hydrogen-bond donors (Lipinski definition) is 2. The molecule has 1 aromatic rings. The van der Waals surface area contributed by atoms with Crippen LogP contribution in [0.4, 0.5) is 5.69 Å². The lowest BCUT2D eigenvalue weighted by atomic mass is 10.0. The van der Waals surface area contributed by atoms with Crippen molar-refractivity contribution in [3.8, 4) is 0 Å². The van der Waals surface area contributed by atoms with Gasteiger partial charge in [-0.2, -0.15) is 0 Å². The van der Waals surface area contributed by atoms with Crippen LogP contribution in [-0.4, -0.2) is 0 Å². The van der Waals surface area contributed by atoms with Crippen LogP contribution in [0.25, 0.3) is 0 Å². The fourth-order valence-electron chi connectivity index (χ4n) is 1.22. The Kier molecular flexibility index (Phi) is 6.52. The van der Waals surface area contributed by atoms with Crippen LogP contribution >= 0.6 is 44.3 Å². The van der Waals surface area contributed by atoms with E-state index in [0.717, 1.165) is 14.5 Å². The van der Waals surface area contributed by atoms with E-state index < -0.39 is 0 Å². The molecule has 0 bridgehead atoms. The molecule has 0 unspecified atom stereocenters. The monoisotopic (exact) mass is 354 g/mol. The highest BCUT2D eigenvalue weighted by atomic mass is 79.9. The predicted molar refractivity (Wildman–Crippen MR) is 75.2 cm³/mol. The SMILES string of the molecule is C=CC[C@@H](N)c1cc(Br)cc(Br)c1N.Cl. The van der Waals surface area contributed by atoms with E-state index in [1.54, 1.807) is 6.08 Å². The number of halogens is 3. The van der Waals surface area contributed by atoms with Gasteiger partial charge in [-0.3, -0.25) is 0 Å². The van der Waals surface area contributed by atoms with Crippen LogP contribution in [0.3, 0.4) is 0 Å². The highest BCUT2D eigenvalue weighted by Crippen LogP contribution is 2.32. The molecule has 0 amide bonds. The molecule has 0 aliphatic carbocycles. The van der Waals surface area contributed by atoms with Gasteiger partial charge in [0.1, 0.15) is 0 Å². The minimum absolute atomic E-state index is 0. The van der Waals surface area contributed by atoms with Gasteiger partial charge < -0.3 is 11.5 Å². The van der Waals surface area contributed by atoms with E-state index in [4.69, 9.17) is 11.5 Å². The lowest BCUT2D eigenvalue weighted by Gasteiger charge is -2.14. The van der Waals surface area contributed by atoms with E-state index in [1.165, 1.54) is 0 Å². The molecule has 0 fully saturated rings. The van der Waals surface area contributed by atoms with Crippen molar-refractivity contribution in [2.24, 2.45) is 5.73 Å². The first-order valence-corrected chi connectivity index (χ1v) is 5.75. The van der Waals surface area contributed by atoms with E-state index in [9.17, 15) is 0 Å². The second kappa shape index (κ2) is 6.53. The van der Waals surface area contributed by atoms with Crippen LogP contribution in [0, 0.1) is 0 Å². The number of benzene rings is 1. The molecule has 1 rings (SSSR count). The predicted octanol–water partition coefficient (Wildman–Crippen LogP) is 3.79. The molecule has 0 heterocycles. The third kappa shape index (κ3) is 3.79. The van der Waals surface area contributed by atoms with Crippen LogP contribution in [0.2, 0.25) is 0 Å². The van der Waals surface area contributed by atoms with Gasteiger partial charge in [0.05, 0.1) is 5.69 Å². The molecule has 2 nitrogen and oxygen atoms in total. The molecule has 0 aliphatic heterocycles. The zero-order chi connectivity index (χ0) is 10.7. The average Bonchev–Trinajstić information content (AvgIpc) is 2.11. The van der Waals surface area contributed by atoms with E-state index in [1.807, 2.05) is 12.1 Å². The molecule has 0 aromatic heterocycles. The summed E-state index contributed by atoms with van der Waals surface area (Å²) in [5.74, 6) is 0. The second-order valence-corrected chi connectivity index (χ2v) is 4.79. The zero-order valence-corrected chi connectivity index (χ0v) is 12.0. The molecular weight excluding hydrogens is 343 g/mol. The Morgan fingerprint density at radius 2 is 2.00 bits per heavy atom. The number of nitrogen functional groups attached to an aromatic ring is 1. The van der Waals surface area contributed by atoms with E-state index >= 15 is 0 Å². The molecule has 0 spiro atoms. The summed E-state index contributed by atoms with van der Waals surface area (Å²) in [5.41, 5.74) is 13.5. The fraction of sp³-hybridized carbons (Fsp3) is 0.200. The number of anilines is 1. The normalized spacial score (nSPS) is 11.7. The van der Waals surface area contributed by atoms with Crippen molar-refractivity contribution in [1.29, 1.82) is 0 Å². The topological polar surface area (TPSA) is 52.0 Å². The van der Waals surface area contributed by atoms with E-state index in [2.05, 4.69) is 38.4 Å². The molecule has 0 radical (unpaired) electrons. The van der Waals surface area contributed by atoms with Crippen molar-refractivity contribution in [1.82, 2.24) is 0 Å². The minimum atomic E-state index is -0.0960. The van der Waals surface area contributed by atoms with Crippen molar-refractivity contribution in [2.75, 3.05) is 5.73 Å². The van der Waals surface area contributed by atoms with Gasteiger partial charge in [0.15, 0.2) is 0 Å². The van der Waals surface area contributed by atoms with E-state index in [-0.39, 0.29) is 18.4 Å². The third-order valence-electron chi connectivity index (χ3n) is 1.95. The van der Waals surface area contributed by atoms with Gasteiger partial charge in [-0.15, -0.1) is 19.0 Å². The maximum absolute atomic E-state index is 5.95. The van der Waals surface area contributed by atoms with Crippen LogP contribution in [0.5, 0.6) is 0 Å². The lowest BCUT2D eigenvalue weighted by Crippen LogP contribution is -2.11. The Hall–Kier alpha value is -0.0300. The van der Waals surface area contributed by atoms with Crippen LogP contribution in [-0.2, 0) is 0 Å². The molecule has 0 saturated heterocycles. The first kappa shape index (κ1) is 15.0. The molecule has 0 aliphatic rings. The van der Waals surface area contributed by atoms with E-state index in [0.29, 0.717) is 12.1 Å². The van der Waals surface area contributed by atoms with Crippen molar-refractivity contribution in [3.05, 3.63) is 39.3 Å². The van der Waals surface area contributed by atoms with Gasteiger partial charge in [0.25, 0.3) is 0 Å². The fourth-order valence-corrected chi connectivity index (χ4v) is 2.48. The molecule has 84 valence electrons. The summed E-state index contributed by atoms with van der Waals surface area (Å²) in [5, 5.41) is 0. The number of rotatable bonds is 3. The van der Waals surface area contributed by atoms with Crippen molar-refractivity contribution < 1.29 is 0 Å². The first-order chi connectivity index (χ1) is 6.56. The van der Waals surface area contributed by atoms with Crippen LogP contribution in [0.15, 0.2) is 33.7 Å². The largest absolute Gasteiger partial charge is 0.398 e. The number of hydrogen-bond acceptors (Lipinski definition) is 2. The molecule has 0 saturated carbocycles. The number of nitrogens with two attached hydrogens (primary N) is 2. The van der Waals surface area contributed by atoms with Gasteiger partial charge >= 0.3 is 0 Å². The minimum Gasteiger partial charge on any atom is -0.398 e. The molecule has 1 atom stereocenters. The van der Waals surface area contributed by atoms with Crippen LogP contribution < -0.4 is 11.5 Å². The Morgan fingerprint density at radius 3 is 2.53 bits per heavy atom. The summed E-state index contributed by atoms with van der Waals surface area (Å²) in [6.07, 6.45) is 2.51. The summed E-state index contributed by atoms with van der Waals surface area (Å²) in [6, 6.07) is 3.74. The Balaban J connectivity index is 0.00000196. The average molecular weight is 356 g/mol. The maximum atomic E-state index is 5.95. The second-order valence-electron chi connectivity index (χ2n) is 3.02. The quantitative estimate of drug-likeness (QED) is 0.639. The van der Waals surface area contributed by atoms with Crippen LogP contribution in [0.1, 0.15) is 18.0 Å². The third-order valence-corrected chi connectivity index (χ3v) is 3.06. The van der Waals surface area contributed by atoms with Crippen molar-refractivity contribution in [3.63, 3.8) is 0 Å². The van der Waals surface area contributed by atoms with Gasteiger partial charge in [0, 0.05) is 15.0 Å². The molecule has 1 aromatic carbocycles. The molecular formula is C10H13Br2ClN2. The molecule has 5 heteroatoms. The molecule has 4 N–H and O–H groups in total. The summed E-state index contributed by atoms with van der Waals surface area (Å²) in [4.78, 5) is 0. The zero-order valence-electron chi connectivity index (χ0n) is 8.04. The highest BCUT2D eigenvalue weighted by Gasteiger charge is 2.11. The lowest BCUT2D eigenvalue weighted by molar-refractivity contribution is 0.743. The van der Waals surface area contributed by atoms with Crippen molar-refractivity contribution in [2.45, 2.75) is 12.5 Å². The smallest absolute Gasteiger partial charge is 0.0507 e. The Labute approximate surface area is 113 Å². The summed E-state index contributed by atoms with van der Waals surface area (Å²) >= 11 is 6.78. The van der Waals surface area contributed by atoms with Gasteiger partial charge in [0.2, 0.25) is 0 Å². The Morgan fingerprint density at radius 1 is 1.40 bits per heavy atom. The molecule has 15 heavy (non-hydrogen) atoms. The van der Waals surface area contributed by atoms with Gasteiger partial charge in [-0.1, -0.05) is 22.0 Å². The van der Waals surface area contributed by atoms with Gasteiger partial charge in [-0.25, -0.2) is 0 Å². The van der Waals surface area contributed by atoms with Gasteiger partial charge in [-0.05, 0) is 40.0 Å². The highest BCUT2D eigenvalue weighted by molar-refractivity contribution is 9.11. The summed E-state index contributed by atoms with van der Waals surface area (Å²) < 4.78 is 1.83.